The predicted octanol–water partition coefficient (Wildman–Crippen LogP) is 4.19. The summed E-state index contributed by atoms with van der Waals surface area (Å²) in [7, 11) is 0. The molecular formula is C19H22ClN5. The summed E-state index contributed by atoms with van der Waals surface area (Å²) in [5.74, 6) is 2.83. The zero-order chi connectivity index (χ0) is 17.4. The first-order valence-corrected chi connectivity index (χ1v) is 9.25. The van der Waals surface area contributed by atoms with Gasteiger partial charge in [0.15, 0.2) is 0 Å². The number of para-hydroxylation sites is 2. The molecule has 1 aromatic carbocycles. The van der Waals surface area contributed by atoms with Gasteiger partial charge in [0.25, 0.3) is 0 Å². The van der Waals surface area contributed by atoms with Gasteiger partial charge in [-0.25, -0.2) is 15.0 Å². The molecular weight excluding hydrogens is 334 g/mol. The van der Waals surface area contributed by atoms with Crippen molar-refractivity contribution in [3.63, 3.8) is 0 Å². The maximum absolute atomic E-state index is 6.09. The second kappa shape index (κ2) is 6.64. The minimum Gasteiger partial charge on any atom is -0.356 e. The Kier molecular flexibility index (Phi) is 4.34. The number of halogens is 1. The summed E-state index contributed by atoms with van der Waals surface area (Å²) in [6.45, 7) is 5.99. The molecule has 1 saturated heterocycles. The third kappa shape index (κ3) is 3.09. The van der Waals surface area contributed by atoms with Crippen molar-refractivity contribution in [3.8, 4) is 0 Å². The van der Waals surface area contributed by atoms with Gasteiger partial charge in [-0.05, 0) is 31.9 Å². The fraction of sp³-hybridized carbons (Fsp3) is 0.421. The highest BCUT2D eigenvalue weighted by Gasteiger charge is 2.25. The lowest BCUT2D eigenvalue weighted by Gasteiger charge is -2.34. The SMILES string of the molecule is CCc1nc2ccccc2n1C1CCN(c2cc(Cl)nc(C)n2)CC1. The van der Waals surface area contributed by atoms with Gasteiger partial charge in [-0.1, -0.05) is 30.7 Å². The predicted molar refractivity (Wildman–Crippen MR) is 101 cm³/mol. The van der Waals surface area contributed by atoms with Crippen LogP contribution in [0.5, 0.6) is 0 Å². The second-order valence-electron chi connectivity index (χ2n) is 6.55. The van der Waals surface area contributed by atoms with Gasteiger partial charge in [0.2, 0.25) is 0 Å². The second-order valence-corrected chi connectivity index (χ2v) is 6.94. The highest BCUT2D eigenvalue weighted by molar-refractivity contribution is 6.29. The zero-order valence-corrected chi connectivity index (χ0v) is 15.4. The number of aryl methyl sites for hydroxylation is 2. The van der Waals surface area contributed by atoms with Gasteiger partial charge < -0.3 is 9.47 Å². The van der Waals surface area contributed by atoms with Gasteiger partial charge in [0, 0.05) is 31.6 Å². The Morgan fingerprint density at radius 1 is 1.12 bits per heavy atom. The highest BCUT2D eigenvalue weighted by Crippen LogP contribution is 2.31. The summed E-state index contributed by atoms with van der Waals surface area (Å²) in [4.78, 5) is 15.8. The summed E-state index contributed by atoms with van der Waals surface area (Å²) in [5, 5.41) is 0.512. The zero-order valence-electron chi connectivity index (χ0n) is 14.6. The number of hydrogen-bond acceptors (Lipinski definition) is 4. The van der Waals surface area contributed by atoms with Crippen LogP contribution >= 0.6 is 11.6 Å². The molecule has 0 bridgehead atoms. The molecule has 0 saturated carbocycles. The minimum absolute atomic E-state index is 0.483. The smallest absolute Gasteiger partial charge is 0.134 e. The van der Waals surface area contributed by atoms with Crippen LogP contribution in [-0.2, 0) is 6.42 Å². The van der Waals surface area contributed by atoms with E-state index in [9.17, 15) is 0 Å². The van der Waals surface area contributed by atoms with E-state index in [0.29, 0.717) is 11.2 Å². The monoisotopic (exact) mass is 355 g/mol. The molecule has 0 spiro atoms. The van der Waals surface area contributed by atoms with Crippen LogP contribution in [0.2, 0.25) is 5.15 Å². The van der Waals surface area contributed by atoms with Crippen LogP contribution < -0.4 is 4.90 Å². The van der Waals surface area contributed by atoms with Crippen LogP contribution in [0.4, 0.5) is 5.82 Å². The van der Waals surface area contributed by atoms with Crippen LogP contribution in [0.3, 0.4) is 0 Å². The number of benzene rings is 1. The molecule has 0 amide bonds. The first kappa shape index (κ1) is 16.3. The quantitative estimate of drug-likeness (QED) is 0.661. The lowest BCUT2D eigenvalue weighted by atomic mass is 10.0. The van der Waals surface area contributed by atoms with Crippen molar-refractivity contribution in [2.24, 2.45) is 0 Å². The van der Waals surface area contributed by atoms with Crippen molar-refractivity contribution in [1.29, 1.82) is 0 Å². The van der Waals surface area contributed by atoms with Gasteiger partial charge in [-0.15, -0.1) is 0 Å². The normalized spacial score (nSPS) is 15.9. The van der Waals surface area contributed by atoms with Gasteiger partial charge in [0.05, 0.1) is 11.0 Å². The Balaban J connectivity index is 1.58. The van der Waals surface area contributed by atoms with Crippen LogP contribution in [0, 0.1) is 6.92 Å². The number of hydrogen-bond donors (Lipinski definition) is 0. The molecule has 2 aromatic heterocycles. The summed E-state index contributed by atoms with van der Waals surface area (Å²) in [5.41, 5.74) is 2.35. The van der Waals surface area contributed by atoms with Gasteiger partial charge in [-0.3, -0.25) is 0 Å². The topological polar surface area (TPSA) is 46.8 Å². The van der Waals surface area contributed by atoms with E-state index < -0.39 is 0 Å². The van der Waals surface area contributed by atoms with E-state index in [0.717, 1.165) is 49.5 Å². The fourth-order valence-corrected chi connectivity index (χ4v) is 4.00. The third-order valence-corrected chi connectivity index (χ3v) is 5.13. The van der Waals surface area contributed by atoms with E-state index >= 15 is 0 Å². The molecule has 5 nitrogen and oxygen atoms in total. The molecule has 130 valence electrons. The average molecular weight is 356 g/mol. The van der Waals surface area contributed by atoms with Crippen LogP contribution in [0.25, 0.3) is 11.0 Å². The van der Waals surface area contributed by atoms with E-state index in [4.69, 9.17) is 16.6 Å². The Morgan fingerprint density at radius 2 is 1.88 bits per heavy atom. The number of nitrogens with zero attached hydrogens (tertiary/aromatic N) is 5. The molecule has 3 heterocycles. The molecule has 1 fully saturated rings. The maximum Gasteiger partial charge on any atom is 0.134 e. The molecule has 6 heteroatoms. The number of rotatable bonds is 3. The van der Waals surface area contributed by atoms with Gasteiger partial charge in [-0.2, -0.15) is 0 Å². The lowest BCUT2D eigenvalue weighted by Crippen LogP contribution is -2.35. The number of piperidine rings is 1. The summed E-state index contributed by atoms with van der Waals surface area (Å²) in [6.07, 6.45) is 3.11. The van der Waals surface area contributed by atoms with Gasteiger partial charge in [0.1, 0.15) is 22.6 Å². The Labute approximate surface area is 152 Å². The molecule has 25 heavy (non-hydrogen) atoms. The highest BCUT2D eigenvalue weighted by atomic mass is 35.5. The first-order valence-electron chi connectivity index (χ1n) is 8.87. The summed E-state index contributed by atoms with van der Waals surface area (Å²) < 4.78 is 2.45. The molecule has 0 aliphatic carbocycles. The molecule has 1 aliphatic rings. The Hall–Kier alpha value is -2.14. The Bertz CT molecular complexity index is 876. The van der Waals surface area contributed by atoms with E-state index in [1.807, 2.05) is 13.0 Å². The van der Waals surface area contributed by atoms with E-state index in [1.54, 1.807) is 0 Å². The molecule has 0 atom stereocenters. The number of anilines is 1. The number of imidazole rings is 1. The number of fused-ring (bicyclic) bond motifs is 1. The number of aromatic nitrogens is 4. The lowest BCUT2D eigenvalue weighted by molar-refractivity contribution is 0.394. The van der Waals surface area contributed by atoms with E-state index in [-0.39, 0.29) is 0 Å². The van der Waals surface area contributed by atoms with Crippen molar-refractivity contribution < 1.29 is 0 Å². The first-order chi connectivity index (χ1) is 12.2. The van der Waals surface area contributed by atoms with E-state index in [2.05, 4.69) is 50.6 Å². The summed E-state index contributed by atoms with van der Waals surface area (Å²) in [6, 6.07) is 10.8. The fourth-order valence-electron chi connectivity index (χ4n) is 3.78. The standard InChI is InChI=1S/C19H22ClN5/c1-3-18-23-15-6-4-5-7-16(15)25(18)14-8-10-24(11-9-14)19-12-17(20)21-13(2)22-19/h4-7,12,14H,3,8-11H2,1-2H3. The molecule has 0 N–H and O–H groups in total. The van der Waals surface area contributed by atoms with Crippen molar-refractivity contribution in [3.05, 3.63) is 47.1 Å². The van der Waals surface area contributed by atoms with Gasteiger partial charge >= 0.3 is 0 Å². The molecule has 0 radical (unpaired) electrons. The van der Waals surface area contributed by atoms with Crippen LogP contribution in [0.15, 0.2) is 30.3 Å². The van der Waals surface area contributed by atoms with Crippen molar-refractivity contribution in [1.82, 2.24) is 19.5 Å². The largest absolute Gasteiger partial charge is 0.356 e. The summed E-state index contributed by atoms with van der Waals surface area (Å²) >= 11 is 6.09. The van der Waals surface area contributed by atoms with Crippen molar-refractivity contribution in [2.75, 3.05) is 18.0 Å². The minimum atomic E-state index is 0.483. The average Bonchev–Trinajstić information content (AvgIpc) is 2.99. The molecule has 4 rings (SSSR count). The molecule has 3 aromatic rings. The van der Waals surface area contributed by atoms with Crippen LogP contribution in [-0.4, -0.2) is 32.6 Å². The maximum atomic E-state index is 6.09. The van der Waals surface area contributed by atoms with Crippen LogP contribution in [0.1, 0.15) is 37.5 Å². The van der Waals surface area contributed by atoms with Crippen molar-refractivity contribution >= 4 is 28.5 Å². The molecule has 0 unspecified atom stereocenters. The molecule has 1 aliphatic heterocycles. The third-order valence-electron chi connectivity index (χ3n) is 4.93. The van der Waals surface area contributed by atoms with Crippen molar-refractivity contribution in [2.45, 2.75) is 39.2 Å². The van der Waals surface area contributed by atoms with E-state index in [1.165, 1.54) is 11.3 Å². The Morgan fingerprint density at radius 3 is 2.60 bits per heavy atom.